The molecule has 1 aliphatic heterocycles. The van der Waals surface area contributed by atoms with Crippen LogP contribution in [0.3, 0.4) is 0 Å². The molecule has 3 heterocycles. The fraction of sp³-hybridized carbons (Fsp3) is 0.500. The van der Waals surface area contributed by atoms with Gasteiger partial charge in [-0.15, -0.1) is 11.3 Å². The van der Waals surface area contributed by atoms with Gasteiger partial charge in [0.25, 0.3) is 0 Å². The third kappa shape index (κ3) is 5.08. The van der Waals surface area contributed by atoms with Gasteiger partial charge >= 0.3 is 5.97 Å². The van der Waals surface area contributed by atoms with Crippen LogP contribution in [0.25, 0.3) is 10.8 Å². The highest BCUT2D eigenvalue weighted by atomic mass is 32.2. The number of piperidine rings is 1. The number of carbonyl (C=O) groups excluding carboxylic acids is 1. The molecule has 0 radical (unpaired) electrons. The Morgan fingerprint density at radius 1 is 1.50 bits per heavy atom. The fourth-order valence-corrected chi connectivity index (χ4v) is 4.36. The van der Waals surface area contributed by atoms with E-state index in [1.54, 1.807) is 11.3 Å². The van der Waals surface area contributed by atoms with E-state index in [-0.39, 0.29) is 18.3 Å². The Morgan fingerprint density at radius 2 is 2.27 bits per heavy atom. The van der Waals surface area contributed by atoms with Gasteiger partial charge in [-0.3, -0.25) is 4.79 Å². The minimum Gasteiger partial charge on any atom is -0.458 e. The molecule has 0 saturated carbocycles. The molecule has 0 amide bonds. The summed E-state index contributed by atoms with van der Waals surface area (Å²) in [5.41, 5.74) is 0.652. The van der Waals surface area contributed by atoms with Gasteiger partial charge in [0, 0.05) is 13.1 Å². The number of nitrogens with zero attached hydrogens (tertiary/aromatic N) is 2. The fourth-order valence-electron chi connectivity index (χ4n) is 2.66. The summed E-state index contributed by atoms with van der Waals surface area (Å²) in [4.78, 5) is 19.6. The monoisotopic (exact) mass is 410 g/mol. The number of thiophene rings is 1. The summed E-state index contributed by atoms with van der Waals surface area (Å²) in [5, 5.41) is 1.97. The molecule has 0 N–H and O–H groups in total. The van der Waals surface area contributed by atoms with Crippen molar-refractivity contribution in [2.24, 2.45) is 5.92 Å². The molecule has 140 valence electrons. The van der Waals surface area contributed by atoms with Crippen molar-refractivity contribution in [2.75, 3.05) is 18.8 Å². The molecule has 2 aromatic heterocycles. The molecular weight excluding hydrogens is 388 g/mol. The van der Waals surface area contributed by atoms with Crippen LogP contribution in [0, 0.1) is 12.8 Å². The minimum atomic E-state index is -0.289. The van der Waals surface area contributed by atoms with Crippen molar-refractivity contribution in [3.63, 3.8) is 0 Å². The number of thiocarbonyl (C=S) groups is 1. The first kappa shape index (κ1) is 19.4. The predicted molar refractivity (Wildman–Crippen MR) is 109 cm³/mol. The maximum absolute atomic E-state index is 12.0. The lowest BCUT2D eigenvalue weighted by molar-refractivity contribution is -0.141. The predicted octanol–water partition coefficient (Wildman–Crippen LogP) is 4.50. The number of hydrogen-bond acceptors (Lipinski definition) is 7. The molecule has 1 aliphatic rings. The van der Waals surface area contributed by atoms with Crippen LogP contribution in [-0.4, -0.2) is 39.0 Å². The zero-order valence-corrected chi connectivity index (χ0v) is 17.3. The minimum absolute atomic E-state index is 0.119. The molecule has 0 spiro atoms. The highest BCUT2D eigenvalue weighted by Crippen LogP contribution is 2.26. The van der Waals surface area contributed by atoms with Gasteiger partial charge in [0.15, 0.2) is 0 Å². The third-order valence-corrected chi connectivity index (χ3v) is 6.70. The molecule has 0 bridgehead atoms. The topological polar surface area (TPSA) is 55.6 Å². The second-order valence-corrected chi connectivity index (χ2v) is 8.94. The molecule has 1 fully saturated rings. The lowest BCUT2D eigenvalue weighted by Crippen LogP contribution is -2.35. The highest BCUT2D eigenvalue weighted by Gasteiger charge is 2.19. The number of hydrogen-bond donors (Lipinski definition) is 0. The van der Waals surface area contributed by atoms with Gasteiger partial charge in [0.2, 0.25) is 5.89 Å². The van der Waals surface area contributed by atoms with Crippen LogP contribution in [0.1, 0.15) is 31.2 Å². The zero-order chi connectivity index (χ0) is 18.5. The normalized spacial score (nSPS) is 15.2. The SMILES string of the molecule is Cc1oc(-c2cccs2)nc1COC(=O)CSC(=S)N1CCC(C)CC1. The smallest absolute Gasteiger partial charge is 0.316 e. The number of rotatable bonds is 5. The van der Waals surface area contributed by atoms with Gasteiger partial charge < -0.3 is 14.1 Å². The van der Waals surface area contributed by atoms with E-state index in [9.17, 15) is 4.79 Å². The lowest BCUT2D eigenvalue weighted by atomic mass is 10.00. The Morgan fingerprint density at radius 3 is 2.96 bits per heavy atom. The summed E-state index contributed by atoms with van der Waals surface area (Å²) in [6.07, 6.45) is 2.31. The summed E-state index contributed by atoms with van der Waals surface area (Å²) >= 11 is 8.37. The standard InChI is InChI=1S/C18H22N2O3S3/c1-12-5-7-20(8-6-12)18(24)26-11-16(21)22-10-14-13(2)23-17(19-14)15-4-3-9-25-15/h3-4,9,12H,5-8,10-11H2,1-2H3. The van der Waals surface area contributed by atoms with Crippen molar-refractivity contribution >= 4 is 45.6 Å². The number of ether oxygens (including phenoxy) is 1. The Hall–Kier alpha value is -1.38. The summed E-state index contributed by atoms with van der Waals surface area (Å²) in [5.74, 6) is 1.93. The molecule has 8 heteroatoms. The van der Waals surface area contributed by atoms with E-state index < -0.39 is 0 Å². The van der Waals surface area contributed by atoms with Crippen LogP contribution < -0.4 is 0 Å². The summed E-state index contributed by atoms with van der Waals surface area (Å²) in [7, 11) is 0. The van der Waals surface area contributed by atoms with Crippen LogP contribution in [0.15, 0.2) is 21.9 Å². The molecule has 26 heavy (non-hydrogen) atoms. The third-order valence-electron chi connectivity index (χ3n) is 4.35. The Kier molecular flexibility index (Phi) is 6.72. The Bertz CT molecular complexity index is 750. The average Bonchev–Trinajstić information content (AvgIpc) is 3.28. The largest absolute Gasteiger partial charge is 0.458 e. The molecule has 0 aromatic carbocycles. The van der Waals surface area contributed by atoms with Crippen molar-refractivity contribution in [3.05, 3.63) is 29.0 Å². The van der Waals surface area contributed by atoms with Crippen LogP contribution in [-0.2, 0) is 16.1 Å². The molecule has 0 atom stereocenters. The van der Waals surface area contributed by atoms with Crippen molar-refractivity contribution in [1.82, 2.24) is 9.88 Å². The maximum Gasteiger partial charge on any atom is 0.316 e. The first-order valence-electron chi connectivity index (χ1n) is 8.60. The molecular formula is C18H22N2O3S3. The van der Waals surface area contributed by atoms with Crippen LogP contribution in [0.5, 0.6) is 0 Å². The van der Waals surface area contributed by atoms with Crippen LogP contribution in [0.2, 0.25) is 0 Å². The van der Waals surface area contributed by atoms with E-state index >= 15 is 0 Å². The number of oxazole rings is 1. The number of thioether (sulfide) groups is 1. The van der Waals surface area contributed by atoms with E-state index in [0.29, 0.717) is 17.3 Å². The van der Waals surface area contributed by atoms with Gasteiger partial charge in [-0.1, -0.05) is 37.0 Å². The molecule has 5 nitrogen and oxygen atoms in total. The van der Waals surface area contributed by atoms with Crippen molar-refractivity contribution in [1.29, 1.82) is 0 Å². The van der Waals surface area contributed by atoms with Crippen LogP contribution >= 0.6 is 35.3 Å². The van der Waals surface area contributed by atoms with E-state index in [0.717, 1.165) is 41.0 Å². The van der Waals surface area contributed by atoms with Crippen molar-refractivity contribution in [3.8, 4) is 10.8 Å². The van der Waals surface area contributed by atoms with Crippen molar-refractivity contribution < 1.29 is 13.9 Å². The van der Waals surface area contributed by atoms with Gasteiger partial charge in [0.1, 0.15) is 22.4 Å². The van der Waals surface area contributed by atoms with Gasteiger partial charge in [0.05, 0.1) is 10.6 Å². The van der Waals surface area contributed by atoms with Gasteiger partial charge in [-0.2, -0.15) is 0 Å². The summed E-state index contributed by atoms with van der Waals surface area (Å²) in [6, 6.07) is 3.90. The quantitative estimate of drug-likeness (QED) is 0.531. The number of aromatic nitrogens is 1. The average molecular weight is 411 g/mol. The molecule has 3 rings (SSSR count). The van der Waals surface area contributed by atoms with Gasteiger partial charge in [-0.25, -0.2) is 4.98 Å². The zero-order valence-electron chi connectivity index (χ0n) is 14.9. The second kappa shape index (κ2) is 9.01. The number of likely N-dealkylation sites (tertiary alicyclic amines) is 1. The Balaban J connectivity index is 1.43. The van der Waals surface area contributed by atoms with E-state index in [1.807, 2.05) is 24.4 Å². The summed E-state index contributed by atoms with van der Waals surface area (Å²) < 4.78 is 11.8. The van der Waals surface area contributed by atoms with E-state index in [1.165, 1.54) is 11.8 Å². The van der Waals surface area contributed by atoms with Gasteiger partial charge in [-0.05, 0) is 37.1 Å². The molecule has 0 unspecified atom stereocenters. The van der Waals surface area contributed by atoms with E-state index in [4.69, 9.17) is 21.4 Å². The molecule has 2 aromatic rings. The second-order valence-electron chi connectivity index (χ2n) is 6.38. The van der Waals surface area contributed by atoms with E-state index in [2.05, 4.69) is 16.8 Å². The molecule has 1 saturated heterocycles. The first-order valence-corrected chi connectivity index (χ1v) is 10.9. The van der Waals surface area contributed by atoms with Crippen LogP contribution in [0.4, 0.5) is 0 Å². The number of carbonyl (C=O) groups is 1. The van der Waals surface area contributed by atoms with Crippen molar-refractivity contribution in [2.45, 2.75) is 33.3 Å². The summed E-state index contributed by atoms with van der Waals surface area (Å²) in [6.45, 7) is 6.17. The molecule has 0 aliphatic carbocycles. The number of aryl methyl sites for hydroxylation is 1. The lowest BCUT2D eigenvalue weighted by Gasteiger charge is -2.31. The maximum atomic E-state index is 12.0. The highest BCUT2D eigenvalue weighted by molar-refractivity contribution is 8.23. The Labute approximate surface area is 167 Å². The number of esters is 1. The first-order chi connectivity index (χ1) is 12.5.